The molecule has 0 fully saturated rings. The molecule has 1 aromatic rings. The Labute approximate surface area is 79.0 Å². The molecular weight excluding hydrogens is 162 g/mol. The number of hydrogen-bond donors (Lipinski definition) is 0. The summed E-state index contributed by atoms with van der Waals surface area (Å²) in [6.07, 6.45) is 6.83. The third-order valence-electron chi connectivity index (χ3n) is 1.76. The fourth-order valence-corrected chi connectivity index (χ4v) is 1.17. The number of methoxy groups -OCH3 is 1. The standard InChI is InChI=1S/C11H13NO/c1-4-5-6-10-7-9(2)12-11(8-10)13-3/h1,7-8H,5-6H2,2-3H3. The molecule has 0 saturated carbocycles. The Kier molecular flexibility index (Phi) is 3.33. The van der Waals surface area contributed by atoms with Crippen LogP contribution in [0.3, 0.4) is 0 Å². The largest absolute Gasteiger partial charge is 0.481 e. The molecule has 0 aliphatic carbocycles. The molecule has 0 atom stereocenters. The highest BCUT2D eigenvalue weighted by Gasteiger charge is 1.98. The Morgan fingerprint density at radius 3 is 2.92 bits per heavy atom. The number of hydrogen-bond acceptors (Lipinski definition) is 2. The van der Waals surface area contributed by atoms with Crippen molar-refractivity contribution in [2.75, 3.05) is 7.11 Å². The molecule has 0 radical (unpaired) electrons. The van der Waals surface area contributed by atoms with Crippen LogP contribution in [0.4, 0.5) is 0 Å². The number of pyridine rings is 1. The van der Waals surface area contributed by atoms with Gasteiger partial charge in [0.15, 0.2) is 0 Å². The first-order chi connectivity index (χ1) is 6.26. The van der Waals surface area contributed by atoms with Gasteiger partial charge in [-0.1, -0.05) is 0 Å². The molecule has 0 saturated heterocycles. The number of aryl methyl sites for hydroxylation is 2. The van der Waals surface area contributed by atoms with E-state index in [4.69, 9.17) is 11.2 Å². The van der Waals surface area contributed by atoms with Gasteiger partial charge in [0, 0.05) is 18.2 Å². The lowest BCUT2D eigenvalue weighted by atomic mass is 10.1. The lowest BCUT2D eigenvalue weighted by Crippen LogP contribution is -1.93. The average molecular weight is 175 g/mol. The highest BCUT2D eigenvalue weighted by Crippen LogP contribution is 2.12. The van der Waals surface area contributed by atoms with Crippen LogP contribution in [-0.4, -0.2) is 12.1 Å². The van der Waals surface area contributed by atoms with Crippen molar-refractivity contribution in [2.45, 2.75) is 19.8 Å². The topological polar surface area (TPSA) is 22.1 Å². The van der Waals surface area contributed by atoms with Crippen LogP contribution >= 0.6 is 0 Å². The first-order valence-corrected chi connectivity index (χ1v) is 4.21. The summed E-state index contributed by atoms with van der Waals surface area (Å²) in [5.41, 5.74) is 2.15. The van der Waals surface area contributed by atoms with E-state index in [0.717, 1.165) is 18.5 Å². The van der Waals surface area contributed by atoms with E-state index in [-0.39, 0.29) is 0 Å². The van der Waals surface area contributed by atoms with Gasteiger partial charge in [-0.25, -0.2) is 4.98 Å². The first kappa shape index (κ1) is 9.60. The molecule has 0 N–H and O–H groups in total. The van der Waals surface area contributed by atoms with Crippen molar-refractivity contribution in [3.05, 3.63) is 23.4 Å². The minimum absolute atomic E-state index is 0.659. The van der Waals surface area contributed by atoms with Crippen molar-refractivity contribution in [1.82, 2.24) is 4.98 Å². The fraction of sp³-hybridized carbons (Fsp3) is 0.364. The van der Waals surface area contributed by atoms with E-state index in [0.29, 0.717) is 5.88 Å². The van der Waals surface area contributed by atoms with E-state index >= 15 is 0 Å². The van der Waals surface area contributed by atoms with Gasteiger partial charge in [-0.05, 0) is 25.0 Å². The van der Waals surface area contributed by atoms with Crippen molar-refractivity contribution >= 4 is 0 Å². The molecule has 2 nitrogen and oxygen atoms in total. The second-order valence-corrected chi connectivity index (χ2v) is 2.86. The molecule has 0 amide bonds. The maximum Gasteiger partial charge on any atom is 0.213 e. The smallest absolute Gasteiger partial charge is 0.213 e. The van der Waals surface area contributed by atoms with Crippen LogP contribution in [0.15, 0.2) is 12.1 Å². The number of ether oxygens (including phenoxy) is 1. The lowest BCUT2D eigenvalue weighted by Gasteiger charge is -2.03. The van der Waals surface area contributed by atoms with E-state index < -0.39 is 0 Å². The van der Waals surface area contributed by atoms with Crippen molar-refractivity contribution in [1.29, 1.82) is 0 Å². The third-order valence-corrected chi connectivity index (χ3v) is 1.76. The summed E-state index contributed by atoms with van der Waals surface area (Å²) in [6.45, 7) is 1.95. The van der Waals surface area contributed by atoms with Crippen LogP contribution in [0.1, 0.15) is 17.7 Å². The zero-order chi connectivity index (χ0) is 9.68. The predicted octanol–water partition coefficient (Wildman–Crippen LogP) is 1.96. The van der Waals surface area contributed by atoms with Crippen LogP contribution in [0.5, 0.6) is 5.88 Å². The quantitative estimate of drug-likeness (QED) is 0.655. The molecule has 1 aromatic heterocycles. The summed E-state index contributed by atoms with van der Waals surface area (Å²) >= 11 is 0. The molecule has 2 heteroatoms. The summed E-state index contributed by atoms with van der Waals surface area (Å²) in [4.78, 5) is 4.19. The second-order valence-electron chi connectivity index (χ2n) is 2.86. The van der Waals surface area contributed by atoms with Gasteiger partial charge in [-0.2, -0.15) is 0 Å². The first-order valence-electron chi connectivity index (χ1n) is 4.21. The second kappa shape index (κ2) is 4.51. The summed E-state index contributed by atoms with van der Waals surface area (Å²) in [6, 6.07) is 3.95. The Balaban J connectivity index is 2.83. The predicted molar refractivity (Wildman–Crippen MR) is 52.7 cm³/mol. The number of nitrogens with zero attached hydrogens (tertiary/aromatic N) is 1. The molecule has 0 spiro atoms. The highest BCUT2D eigenvalue weighted by molar-refractivity contribution is 5.25. The van der Waals surface area contributed by atoms with E-state index in [2.05, 4.69) is 10.9 Å². The van der Waals surface area contributed by atoms with Crippen LogP contribution in [0.2, 0.25) is 0 Å². The number of terminal acetylenes is 1. The Bertz CT molecular complexity index is 325. The van der Waals surface area contributed by atoms with Crippen molar-refractivity contribution in [2.24, 2.45) is 0 Å². The van der Waals surface area contributed by atoms with E-state index in [1.54, 1.807) is 7.11 Å². The Morgan fingerprint density at radius 2 is 2.31 bits per heavy atom. The minimum atomic E-state index is 0.659. The summed E-state index contributed by atoms with van der Waals surface area (Å²) in [5.74, 6) is 3.27. The van der Waals surface area contributed by atoms with Crippen molar-refractivity contribution < 1.29 is 4.74 Å². The molecule has 1 rings (SSSR count). The number of aromatic nitrogens is 1. The van der Waals surface area contributed by atoms with Crippen LogP contribution in [0, 0.1) is 19.3 Å². The van der Waals surface area contributed by atoms with Crippen molar-refractivity contribution in [3.63, 3.8) is 0 Å². The summed E-state index contributed by atoms with van der Waals surface area (Å²) < 4.78 is 5.05. The maximum atomic E-state index is 5.19. The monoisotopic (exact) mass is 175 g/mol. The van der Waals surface area contributed by atoms with E-state index in [1.165, 1.54) is 5.56 Å². The zero-order valence-electron chi connectivity index (χ0n) is 8.00. The molecule has 0 bridgehead atoms. The fourth-order valence-electron chi connectivity index (χ4n) is 1.17. The van der Waals surface area contributed by atoms with Gasteiger partial charge < -0.3 is 4.74 Å². The van der Waals surface area contributed by atoms with Crippen LogP contribution in [-0.2, 0) is 6.42 Å². The molecule has 0 aliphatic rings. The molecule has 0 unspecified atom stereocenters. The number of rotatable bonds is 3. The van der Waals surface area contributed by atoms with Gasteiger partial charge in [-0.15, -0.1) is 12.3 Å². The summed E-state index contributed by atoms with van der Waals surface area (Å²) in [7, 11) is 1.62. The molecule has 0 aromatic carbocycles. The van der Waals surface area contributed by atoms with Gasteiger partial charge >= 0.3 is 0 Å². The minimum Gasteiger partial charge on any atom is -0.481 e. The third kappa shape index (κ3) is 2.79. The van der Waals surface area contributed by atoms with Crippen LogP contribution < -0.4 is 4.74 Å². The van der Waals surface area contributed by atoms with Gasteiger partial charge in [-0.3, -0.25) is 0 Å². The molecule has 0 aliphatic heterocycles. The zero-order valence-corrected chi connectivity index (χ0v) is 8.00. The van der Waals surface area contributed by atoms with E-state index in [1.807, 2.05) is 19.1 Å². The Morgan fingerprint density at radius 1 is 1.54 bits per heavy atom. The van der Waals surface area contributed by atoms with Gasteiger partial charge in [0.05, 0.1) is 7.11 Å². The van der Waals surface area contributed by atoms with Gasteiger partial charge in [0.2, 0.25) is 5.88 Å². The van der Waals surface area contributed by atoms with E-state index in [9.17, 15) is 0 Å². The molecule has 13 heavy (non-hydrogen) atoms. The van der Waals surface area contributed by atoms with Crippen molar-refractivity contribution in [3.8, 4) is 18.2 Å². The average Bonchev–Trinajstić information content (AvgIpc) is 2.14. The molecular formula is C11H13NO. The maximum absolute atomic E-state index is 5.19. The highest BCUT2D eigenvalue weighted by atomic mass is 16.5. The molecule has 68 valence electrons. The SMILES string of the molecule is C#CCCc1cc(C)nc(OC)c1. The summed E-state index contributed by atoms with van der Waals surface area (Å²) in [5, 5.41) is 0. The molecule has 1 heterocycles. The lowest BCUT2D eigenvalue weighted by molar-refractivity contribution is 0.396. The van der Waals surface area contributed by atoms with Crippen LogP contribution in [0.25, 0.3) is 0 Å². The Hall–Kier alpha value is -1.49. The normalized spacial score (nSPS) is 9.31. The van der Waals surface area contributed by atoms with Gasteiger partial charge in [0.25, 0.3) is 0 Å². The van der Waals surface area contributed by atoms with Gasteiger partial charge in [0.1, 0.15) is 0 Å².